The second kappa shape index (κ2) is 12.0. The Bertz CT molecular complexity index is 747. The molecule has 0 amide bonds. The van der Waals surface area contributed by atoms with Crippen molar-refractivity contribution in [2.75, 3.05) is 32.1 Å². The van der Waals surface area contributed by atoms with Gasteiger partial charge >= 0.3 is 0 Å². The second-order valence-electron chi connectivity index (χ2n) is 8.15. The van der Waals surface area contributed by atoms with E-state index in [2.05, 4.69) is 91.6 Å². The first kappa shape index (κ1) is 25.3. The summed E-state index contributed by atoms with van der Waals surface area (Å²) >= 11 is 0. The Kier molecular flexibility index (Phi) is 10.5. The van der Waals surface area contributed by atoms with Crippen molar-refractivity contribution in [3.63, 3.8) is 0 Å². The summed E-state index contributed by atoms with van der Waals surface area (Å²) in [5.41, 5.74) is 2.54. The van der Waals surface area contributed by atoms with Crippen molar-refractivity contribution in [1.29, 1.82) is 0 Å². The molecular weight excluding hydrogens is 477 g/mol. The van der Waals surface area contributed by atoms with Gasteiger partial charge in [-0.3, -0.25) is 0 Å². The SMILES string of the molecule is CCNC(=NCc1ncc(C(C)(C)C)o1)NCCCc1ccc(N(C)C)cc1.I. The average Bonchev–Trinajstić information content (AvgIpc) is 3.13. The number of benzene rings is 1. The number of anilines is 1. The van der Waals surface area contributed by atoms with Crippen LogP contribution in [0.25, 0.3) is 0 Å². The van der Waals surface area contributed by atoms with Crippen LogP contribution in [0.5, 0.6) is 0 Å². The van der Waals surface area contributed by atoms with Crippen molar-refractivity contribution in [2.45, 2.75) is 52.5 Å². The third kappa shape index (κ3) is 8.64. The standard InChI is InChI=1S/C22H35N5O.HI/c1-7-23-21(26-16-20-25-15-19(28-20)22(2,3)4)24-14-8-9-17-10-12-18(13-11-17)27(5)6;/h10-13,15H,7-9,14,16H2,1-6H3,(H2,23,24,26);1H. The lowest BCUT2D eigenvalue weighted by Gasteiger charge is -2.13. The molecule has 0 aliphatic heterocycles. The molecule has 0 saturated heterocycles. The van der Waals surface area contributed by atoms with Crippen LogP contribution in [-0.2, 0) is 18.4 Å². The Hall–Kier alpha value is -1.77. The Balaban J connectivity index is 0.00000420. The number of nitrogens with one attached hydrogen (secondary N) is 2. The number of halogens is 1. The highest BCUT2D eigenvalue weighted by Crippen LogP contribution is 2.22. The van der Waals surface area contributed by atoms with Gasteiger partial charge in [-0.15, -0.1) is 24.0 Å². The largest absolute Gasteiger partial charge is 0.443 e. The molecule has 2 rings (SSSR count). The van der Waals surface area contributed by atoms with E-state index in [9.17, 15) is 0 Å². The van der Waals surface area contributed by atoms with Crippen LogP contribution >= 0.6 is 24.0 Å². The maximum Gasteiger partial charge on any atom is 0.216 e. The van der Waals surface area contributed by atoms with Crippen molar-refractivity contribution < 1.29 is 4.42 Å². The minimum absolute atomic E-state index is 0. The van der Waals surface area contributed by atoms with Gasteiger partial charge in [0.1, 0.15) is 12.3 Å². The van der Waals surface area contributed by atoms with Crippen LogP contribution < -0.4 is 15.5 Å². The summed E-state index contributed by atoms with van der Waals surface area (Å²) in [6.45, 7) is 10.5. The smallest absolute Gasteiger partial charge is 0.216 e. The lowest BCUT2D eigenvalue weighted by Crippen LogP contribution is -2.37. The molecule has 0 atom stereocenters. The van der Waals surface area contributed by atoms with Gasteiger partial charge in [-0.25, -0.2) is 9.98 Å². The van der Waals surface area contributed by atoms with Crippen LogP contribution in [0.2, 0.25) is 0 Å². The van der Waals surface area contributed by atoms with E-state index in [0.29, 0.717) is 12.4 Å². The summed E-state index contributed by atoms with van der Waals surface area (Å²) in [4.78, 5) is 11.0. The number of aromatic nitrogens is 1. The van der Waals surface area contributed by atoms with Crippen LogP contribution in [0.4, 0.5) is 5.69 Å². The number of hydrogen-bond donors (Lipinski definition) is 2. The van der Waals surface area contributed by atoms with E-state index in [0.717, 1.165) is 37.7 Å². The molecule has 1 aromatic carbocycles. The van der Waals surface area contributed by atoms with Crippen LogP contribution in [-0.4, -0.2) is 38.1 Å². The second-order valence-corrected chi connectivity index (χ2v) is 8.15. The van der Waals surface area contributed by atoms with E-state index < -0.39 is 0 Å². The highest BCUT2D eigenvalue weighted by atomic mass is 127. The third-order valence-electron chi connectivity index (χ3n) is 4.40. The normalized spacial score (nSPS) is 11.7. The van der Waals surface area contributed by atoms with Gasteiger partial charge in [-0.2, -0.15) is 0 Å². The van der Waals surface area contributed by atoms with E-state index in [1.807, 2.05) is 0 Å². The molecule has 6 nitrogen and oxygen atoms in total. The predicted molar refractivity (Wildman–Crippen MR) is 133 cm³/mol. The fourth-order valence-corrected chi connectivity index (χ4v) is 2.68. The summed E-state index contributed by atoms with van der Waals surface area (Å²) in [6.07, 6.45) is 3.88. The van der Waals surface area contributed by atoms with Crippen LogP contribution in [0.3, 0.4) is 0 Å². The Morgan fingerprint density at radius 3 is 2.38 bits per heavy atom. The first-order chi connectivity index (χ1) is 13.3. The molecule has 0 aliphatic rings. The summed E-state index contributed by atoms with van der Waals surface area (Å²) < 4.78 is 5.81. The van der Waals surface area contributed by atoms with Crippen molar-refractivity contribution in [3.8, 4) is 0 Å². The molecule has 0 saturated carbocycles. The van der Waals surface area contributed by atoms with Crippen LogP contribution in [0.1, 0.15) is 51.3 Å². The van der Waals surface area contributed by atoms with Crippen molar-refractivity contribution in [2.24, 2.45) is 4.99 Å². The number of nitrogens with zero attached hydrogens (tertiary/aromatic N) is 3. The lowest BCUT2D eigenvalue weighted by atomic mass is 9.94. The number of hydrogen-bond acceptors (Lipinski definition) is 4. The van der Waals surface area contributed by atoms with Crippen LogP contribution in [0.15, 0.2) is 39.9 Å². The monoisotopic (exact) mass is 513 g/mol. The quantitative estimate of drug-likeness (QED) is 0.238. The molecule has 29 heavy (non-hydrogen) atoms. The summed E-state index contributed by atoms with van der Waals surface area (Å²) in [6, 6.07) is 8.72. The number of oxazole rings is 1. The molecule has 7 heteroatoms. The highest BCUT2D eigenvalue weighted by molar-refractivity contribution is 14.0. The molecule has 0 fully saturated rings. The summed E-state index contributed by atoms with van der Waals surface area (Å²) in [5, 5.41) is 6.66. The first-order valence-electron chi connectivity index (χ1n) is 10.0. The summed E-state index contributed by atoms with van der Waals surface area (Å²) in [5.74, 6) is 2.32. The molecule has 1 heterocycles. The number of rotatable bonds is 8. The van der Waals surface area contributed by atoms with Crippen molar-refractivity contribution >= 4 is 35.6 Å². The van der Waals surface area contributed by atoms with Gasteiger partial charge in [0.15, 0.2) is 5.96 Å². The predicted octanol–water partition coefficient (Wildman–Crippen LogP) is 4.34. The van der Waals surface area contributed by atoms with Gasteiger partial charge in [0.2, 0.25) is 5.89 Å². The van der Waals surface area contributed by atoms with Gasteiger partial charge in [0.05, 0.1) is 6.20 Å². The van der Waals surface area contributed by atoms with Gasteiger partial charge in [0.25, 0.3) is 0 Å². The minimum atomic E-state index is -0.0392. The zero-order chi connectivity index (χ0) is 20.6. The number of aliphatic imine (C=N–C) groups is 1. The highest BCUT2D eigenvalue weighted by Gasteiger charge is 2.18. The Labute approximate surface area is 192 Å². The molecule has 162 valence electrons. The van der Waals surface area contributed by atoms with E-state index >= 15 is 0 Å². The van der Waals surface area contributed by atoms with E-state index in [1.54, 1.807) is 6.20 Å². The van der Waals surface area contributed by atoms with Crippen molar-refractivity contribution in [3.05, 3.63) is 47.7 Å². The maximum absolute atomic E-state index is 5.81. The number of aryl methyl sites for hydroxylation is 1. The van der Waals surface area contributed by atoms with E-state index in [-0.39, 0.29) is 29.4 Å². The molecule has 1 aromatic heterocycles. The molecule has 0 aliphatic carbocycles. The third-order valence-corrected chi connectivity index (χ3v) is 4.40. The molecule has 0 radical (unpaired) electrons. The van der Waals surface area contributed by atoms with Crippen LogP contribution in [0, 0.1) is 0 Å². The zero-order valence-corrected chi connectivity index (χ0v) is 20.9. The molecule has 0 bridgehead atoms. The van der Waals surface area contributed by atoms with Gasteiger partial charge < -0.3 is 20.0 Å². The first-order valence-corrected chi connectivity index (χ1v) is 10.0. The van der Waals surface area contributed by atoms with Gasteiger partial charge in [0, 0.05) is 38.3 Å². The lowest BCUT2D eigenvalue weighted by molar-refractivity contribution is 0.383. The Morgan fingerprint density at radius 1 is 1.14 bits per heavy atom. The van der Waals surface area contributed by atoms with Gasteiger partial charge in [-0.05, 0) is 37.5 Å². The fraction of sp³-hybridized carbons (Fsp3) is 0.545. The zero-order valence-electron chi connectivity index (χ0n) is 18.6. The van der Waals surface area contributed by atoms with Gasteiger partial charge in [-0.1, -0.05) is 32.9 Å². The maximum atomic E-state index is 5.81. The number of guanidine groups is 1. The molecule has 0 spiro atoms. The Morgan fingerprint density at radius 2 is 1.83 bits per heavy atom. The summed E-state index contributed by atoms with van der Waals surface area (Å²) in [7, 11) is 4.12. The average molecular weight is 513 g/mol. The minimum Gasteiger partial charge on any atom is -0.443 e. The van der Waals surface area contributed by atoms with Crippen molar-refractivity contribution in [1.82, 2.24) is 15.6 Å². The molecular formula is C22H36IN5O. The molecule has 2 aromatic rings. The topological polar surface area (TPSA) is 65.7 Å². The van der Waals surface area contributed by atoms with E-state index in [1.165, 1.54) is 11.3 Å². The molecule has 0 unspecified atom stereocenters. The molecule has 2 N–H and O–H groups in total. The van der Waals surface area contributed by atoms with E-state index in [4.69, 9.17) is 4.42 Å². The fourth-order valence-electron chi connectivity index (χ4n) is 2.68.